The molecule has 0 radical (unpaired) electrons. The molecule has 1 aromatic rings. The van der Waals surface area contributed by atoms with E-state index in [4.69, 9.17) is 26.8 Å². The summed E-state index contributed by atoms with van der Waals surface area (Å²) in [6.07, 6.45) is 0. The summed E-state index contributed by atoms with van der Waals surface area (Å²) < 4.78 is 10.7. The zero-order valence-electron chi connectivity index (χ0n) is 8.83. The molecule has 3 nitrogen and oxygen atoms in total. The van der Waals surface area contributed by atoms with Crippen LogP contribution in [0.4, 0.5) is 0 Å². The number of benzene rings is 1. The van der Waals surface area contributed by atoms with Gasteiger partial charge in [0.25, 0.3) is 0 Å². The van der Waals surface area contributed by atoms with E-state index >= 15 is 0 Å². The molecule has 0 unspecified atom stereocenters. The third-order valence-corrected chi connectivity index (χ3v) is 2.24. The van der Waals surface area contributed by atoms with Crippen molar-refractivity contribution in [3.05, 3.63) is 28.8 Å². The SMILES string of the molecule is CCOCCOc1c(Cl)cccc1CN. The number of nitrogens with two attached hydrogens (primary N) is 1. The molecule has 0 aliphatic rings. The van der Waals surface area contributed by atoms with E-state index in [-0.39, 0.29) is 0 Å². The number of hydrogen-bond acceptors (Lipinski definition) is 3. The van der Waals surface area contributed by atoms with Crippen LogP contribution < -0.4 is 10.5 Å². The van der Waals surface area contributed by atoms with Gasteiger partial charge in [-0.05, 0) is 13.0 Å². The highest BCUT2D eigenvalue weighted by Crippen LogP contribution is 2.28. The molecule has 15 heavy (non-hydrogen) atoms. The molecule has 0 aliphatic carbocycles. The van der Waals surface area contributed by atoms with Crippen LogP contribution in [0.25, 0.3) is 0 Å². The van der Waals surface area contributed by atoms with Crippen LogP contribution in [-0.2, 0) is 11.3 Å². The second kappa shape index (κ2) is 6.67. The number of halogens is 1. The highest BCUT2D eigenvalue weighted by Gasteiger charge is 2.06. The summed E-state index contributed by atoms with van der Waals surface area (Å²) in [6, 6.07) is 5.55. The van der Waals surface area contributed by atoms with Crippen LogP contribution >= 0.6 is 11.6 Å². The summed E-state index contributed by atoms with van der Waals surface area (Å²) in [4.78, 5) is 0. The van der Waals surface area contributed by atoms with E-state index in [1.165, 1.54) is 0 Å². The number of rotatable bonds is 6. The lowest BCUT2D eigenvalue weighted by Gasteiger charge is -2.11. The van der Waals surface area contributed by atoms with Gasteiger partial charge in [-0.1, -0.05) is 23.7 Å². The molecular weight excluding hydrogens is 214 g/mol. The van der Waals surface area contributed by atoms with Crippen molar-refractivity contribution in [2.45, 2.75) is 13.5 Å². The Bertz CT molecular complexity index is 305. The molecule has 0 heterocycles. The molecule has 0 atom stereocenters. The van der Waals surface area contributed by atoms with Crippen molar-refractivity contribution in [2.75, 3.05) is 19.8 Å². The van der Waals surface area contributed by atoms with E-state index in [1.807, 2.05) is 19.1 Å². The topological polar surface area (TPSA) is 44.5 Å². The molecule has 84 valence electrons. The predicted molar refractivity (Wildman–Crippen MR) is 61.3 cm³/mol. The first kappa shape index (κ1) is 12.3. The average Bonchev–Trinajstić information content (AvgIpc) is 2.26. The second-order valence-corrected chi connectivity index (χ2v) is 3.38. The number of para-hydroxylation sites is 1. The van der Waals surface area contributed by atoms with Crippen molar-refractivity contribution >= 4 is 11.6 Å². The summed E-state index contributed by atoms with van der Waals surface area (Å²) in [7, 11) is 0. The first-order chi connectivity index (χ1) is 7.29. The molecule has 0 saturated carbocycles. The molecule has 4 heteroatoms. The Kier molecular flexibility index (Phi) is 5.47. The molecule has 1 rings (SSSR count). The largest absolute Gasteiger partial charge is 0.489 e. The number of hydrogen-bond donors (Lipinski definition) is 1. The van der Waals surface area contributed by atoms with Crippen molar-refractivity contribution in [1.82, 2.24) is 0 Å². The Balaban J connectivity index is 2.58. The highest BCUT2D eigenvalue weighted by atomic mass is 35.5. The molecule has 0 saturated heterocycles. The molecule has 0 bridgehead atoms. The lowest BCUT2D eigenvalue weighted by Crippen LogP contribution is -2.09. The third kappa shape index (κ3) is 3.70. The van der Waals surface area contributed by atoms with Gasteiger partial charge in [0.05, 0.1) is 11.6 Å². The standard InChI is InChI=1S/C11H16ClNO2/c1-2-14-6-7-15-11-9(8-13)4-3-5-10(11)12/h3-5H,2,6-8,13H2,1H3. The van der Waals surface area contributed by atoms with Crippen LogP contribution in [0.1, 0.15) is 12.5 Å². The molecule has 0 aliphatic heterocycles. The van der Waals surface area contributed by atoms with Gasteiger partial charge in [-0.15, -0.1) is 0 Å². The molecule has 0 amide bonds. The smallest absolute Gasteiger partial charge is 0.142 e. The summed E-state index contributed by atoms with van der Waals surface area (Å²) in [5.74, 6) is 0.668. The van der Waals surface area contributed by atoms with Gasteiger partial charge >= 0.3 is 0 Å². The van der Waals surface area contributed by atoms with Crippen LogP contribution in [0.15, 0.2) is 18.2 Å². The van der Waals surface area contributed by atoms with Gasteiger partial charge in [-0.2, -0.15) is 0 Å². The van der Waals surface area contributed by atoms with Crippen LogP contribution in [-0.4, -0.2) is 19.8 Å². The van der Waals surface area contributed by atoms with Gasteiger partial charge in [0.2, 0.25) is 0 Å². The Morgan fingerprint density at radius 2 is 2.13 bits per heavy atom. The Morgan fingerprint density at radius 3 is 2.80 bits per heavy atom. The second-order valence-electron chi connectivity index (χ2n) is 2.98. The Labute approximate surface area is 95.1 Å². The third-order valence-electron chi connectivity index (χ3n) is 1.95. The molecule has 0 fully saturated rings. The van der Waals surface area contributed by atoms with E-state index in [9.17, 15) is 0 Å². The fourth-order valence-corrected chi connectivity index (χ4v) is 1.47. The van der Waals surface area contributed by atoms with E-state index in [1.54, 1.807) is 6.07 Å². The van der Waals surface area contributed by atoms with Crippen LogP contribution in [0.2, 0.25) is 5.02 Å². The lowest BCUT2D eigenvalue weighted by molar-refractivity contribution is 0.110. The number of ether oxygens (including phenoxy) is 2. The Morgan fingerprint density at radius 1 is 1.33 bits per heavy atom. The molecule has 2 N–H and O–H groups in total. The van der Waals surface area contributed by atoms with Gasteiger partial charge in [-0.25, -0.2) is 0 Å². The van der Waals surface area contributed by atoms with Gasteiger partial charge in [0, 0.05) is 18.7 Å². The van der Waals surface area contributed by atoms with Crippen molar-refractivity contribution in [3.63, 3.8) is 0 Å². The molecular formula is C11H16ClNO2. The first-order valence-electron chi connectivity index (χ1n) is 4.97. The minimum Gasteiger partial charge on any atom is -0.489 e. The Hall–Kier alpha value is -0.770. The van der Waals surface area contributed by atoms with Gasteiger partial charge in [-0.3, -0.25) is 0 Å². The monoisotopic (exact) mass is 229 g/mol. The summed E-state index contributed by atoms with van der Waals surface area (Å²) in [6.45, 7) is 4.11. The first-order valence-corrected chi connectivity index (χ1v) is 5.35. The summed E-state index contributed by atoms with van der Waals surface area (Å²) >= 11 is 6.00. The molecule has 1 aromatic carbocycles. The molecule has 0 aromatic heterocycles. The van der Waals surface area contributed by atoms with E-state index in [2.05, 4.69) is 0 Å². The molecule has 0 spiro atoms. The fourth-order valence-electron chi connectivity index (χ4n) is 1.22. The normalized spacial score (nSPS) is 10.3. The highest BCUT2D eigenvalue weighted by molar-refractivity contribution is 6.32. The summed E-state index contributed by atoms with van der Waals surface area (Å²) in [5, 5.41) is 0.592. The fraction of sp³-hybridized carbons (Fsp3) is 0.455. The van der Waals surface area contributed by atoms with Crippen molar-refractivity contribution in [2.24, 2.45) is 5.73 Å². The maximum Gasteiger partial charge on any atom is 0.142 e. The van der Waals surface area contributed by atoms with Crippen LogP contribution in [0, 0.1) is 0 Å². The van der Waals surface area contributed by atoms with Gasteiger partial charge in [0.1, 0.15) is 12.4 Å². The van der Waals surface area contributed by atoms with E-state index in [0.717, 1.165) is 5.56 Å². The van der Waals surface area contributed by atoms with E-state index < -0.39 is 0 Å². The van der Waals surface area contributed by atoms with Crippen molar-refractivity contribution in [1.29, 1.82) is 0 Å². The summed E-state index contributed by atoms with van der Waals surface area (Å²) in [5.41, 5.74) is 6.50. The average molecular weight is 230 g/mol. The maximum absolute atomic E-state index is 6.00. The van der Waals surface area contributed by atoms with Crippen LogP contribution in [0.3, 0.4) is 0 Å². The lowest BCUT2D eigenvalue weighted by atomic mass is 10.2. The minimum atomic E-state index is 0.421. The van der Waals surface area contributed by atoms with Crippen molar-refractivity contribution in [3.8, 4) is 5.75 Å². The maximum atomic E-state index is 6.00. The van der Waals surface area contributed by atoms with Crippen LogP contribution in [0.5, 0.6) is 5.75 Å². The minimum absolute atomic E-state index is 0.421. The quantitative estimate of drug-likeness (QED) is 0.761. The zero-order valence-corrected chi connectivity index (χ0v) is 9.59. The van der Waals surface area contributed by atoms with E-state index in [0.29, 0.717) is 37.1 Å². The van der Waals surface area contributed by atoms with Gasteiger partial charge in [0.15, 0.2) is 0 Å². The zero-order chi connectivity index (χ0) is 11.1. The van der Waals surface area contributed by atoms with Gasteiger partial charge < -0.3 is 15.2 Å². The predicted octanol–water partition coefficient (Wildman–Crippen LogP) is 2.21. The van der Waals surface area contributed by atoms with Crippen molar-refractivity contribution < 1.29 is 9.47 Å².